The Hall–Kier alpha value is -1.78. The first kappa shape index (κ1) is 10.7. The highest BCUT2D eigenvalue weighted by atomic mass is 19.4. The number of hydrogen-bond donors (Lipinski definition) is 0. The Morgan fingerprint density at radius 2 is 1.75 bits per heavy atom. The fourth-order valence-corrected chi connectivity index (χ4v) is 1.36. The third-order valence-corrected chi connectivity index (χ3v) is 2.17. The minimum absolute atomic E-state index is 0.612. The van der Waals surface area contributed by atoms with E-state index in [9.17, 15) is 13.2 Å². The van der Waals surface area contributed by atoms with E-state index in [1.807, 2.05) is 6.92 Å². The van der Waals surface area contributed by atoms with Crippen molar-refractivity contribution in [3.63, 3.8) is 0 Å². The molecular weight excluding hydrogens is 217 g/mol. The largest absolute Gasteiger partial charge is 0.416 e. The average molecular weight is 226 g/mol. The molecule has 16 heavy (non-hydrogen) atoms. The van der Waals surface area contributed by atoms with E-state index in [0.717, 1.165) is 17.7 Å². The second-order valence-corrected chi connectivity index (χ2v) is 3.51. The lowest BCUT2D eigenvalue weighted by molar-refractivity contribution is -0.137. The van der Waals surface area contributed by atoms with Gasteiger partial charge in [0, 0.05) is 6.20 Å². The molecule has 1 aromatic carbocycles. The molecule has 0 saturated heterocycles. The van der Waals surface area contributed by atoms with Crippen LogP contribution in [0.15, 0.2) is 36.7 Å². The highest BCUT2D eigenvalue weighted by Crippen LogP contribution is 2.29. The van der Waals surface area contributed by atoms with Crippen molar-refractivity contribution in [3.05, 3.63) is 47.8 Å². The first-order valence-corrected chi connectivity index (χ1v) is 4.66. The summed E-state index contributed by atoms with van der Waals surface area (Å²) in [5, 5.41) is 4.01. The van der Waals surface area contributed by atoms with E-state index in [0.29, 0.717) is 5.69 Å². The van der Waals surface area contributed by atoms with Crippen LogP contribution >= 0.6 is 0 Å². The van der Waals surface area contributed by atoms with Crippen molar-refractivity contribution in [2.75, 3.05) is 0 Å². The Morgan fingerprint density at radius 3 is 2.19 bits per heavy atom. The Balaban J connectivity index is 2.33. The molecule has 2 aromatic rings. The molecule has 2 nitrogen and oxygen atoms in total. The molecule has 0 atom stereocenters. The normalized spacial score (nSPS) is 11.8. The lowest BCUT2D eigenvalue weighted by Gasteiger charge is -2.07. The molecule has 84 valence electrons. The number of alkyl halides is 3. The van der Waals surface area contributed by atoms with Crippen LogP contribution in [-0.2, 0) is 6.18 Å². The summed E-state index contributed by atoms with van der Waals surface area (Å²) < 4.78 is 38.4. The molecule has 2 rings (SSSR count). The van der Waals surface area contributed by atoms with Crippen LogP contribution in [0, 0.1) is 6.92 Å². The van der Waals surface area contributed by atoms with Gasteiger partial charge in [0.15, 0.2) is 0 Å². The number of hydrogen-bond acceptors (Lipinski definition) is 1. The molecule has 0 aliphatic heterocycles. The minimum Gasteiger partial charge on any atom is -0.241 e. The number of aromatic nitrogens is 2. The van der Waals surface area contributed by atoms with E-state index in [4.69, 9.17) is 0 Å². The molecule has 0 spiro atoms. The predicted octanol–water partition coefficient (Wildman–Crippen LogP) is 3.20. The summed E-state index contributed by atoms with van der Waals surface area (Å²) in [6.07, 6.45) is -0.890. The molecule has 0 unspecified atom stereocenters. The molecule has 0 N–H and O–H groups in total. The highest BCUT2D eigenvalue weighted by Gasteiger charge is 2.29. The summed E-state index contributed by atoms with van der Waals surface area (Å²) in [4.78, 5) is 0. The lowest BCUT2D eigenvalue weighted by Crippen LogP contribution is -2.05. The summed E-state index contributed by atoms with van der Waals surface area (Å²) in [5.74, 6) is 0. The summed E-state index contributed by atoms with van der Waals surface area (Å²) in [6, 6.07) is 4.89. The molecule has 5 heteroatoms. The molecule has 0 fully saturated rings. The van der Waals surface area contributed by atoms with Crippen molar-refractivity contribution in [1.82, 2.24) is 9.78 Å². The van der Waals surface area contributed by atoms with E-state index in [-0.39, 0.29) is 0 Å². The van der Waals surface area contributed by atoms with Gasteiger partial charge in [0.2, 0.25) is 0 Å². The van der Waals surface area contributed by atoms with Crippen LogP contribution in [0.5, 0.6) is 0 Å². The second kappa shape index (κ2) is 3.66. The fourth-order valence-electron chi connectivity index (χ4n) is 1.36. The minimum atomic E-state index is -4.29. The topological polar surface area (TPSA) is 17.8 Å². The molecule has 0 radical (unpaired) electrons. The SMILES string of the molecule is Cc1cnn(-c2ccc(C(F)(F)F)cc2)c1. The van der Waals surface area contributed by atoms with Crippen molar-refractivity contribution in [2.45, 2.75) is 13.1 Å². The van der Waals surface area contributed by atoms with Crippen LogP contribution in [0.2, 0.25) is 0 Å². The number of halogens is 3. The molecule has 1 aromatic heterocycles. The summed E-state index contributed by atoms with van der Waals surface area (Å²) in [6.45, 7) is 1.87. The molecule has 0 bridgehead atoms. The van der Waals surface area contributed by atoms with E-state index in [2.05, 4.69) is 5.10 Å². The van der Waals surface area contributed by atoms with E-state index in [1.54, 1.807) is 12.4 Å². The van der Waals surface area contributed by atoms with Gasteiger partial charge in [-0.25, -0.2) is 4.68 Å². The molecule has 0 amide bonds. The van der Waals surface area contributed by atoms with Crippen LogP contribution < -0.4 is 0 Å². The third-order valence-electron chi connectivity index (χ3n) is 2.17. The van der Waals surface area contributed by atoms with Gasteiger partial charge >= 0.3 is 6.18 Å². The predicted molar refractivity (Wildman–Crippen MR) is 53.3 cm³/mol. The van der Waals surface area contributed by atoms with Crippen molar-refractivity contribution < 1.29 is 13.2 Å². The zero-order chi connectivity index (χ0) is 11.8. The lowest BCUT2D eigenvalue weighted by atomic mass is 10.2. The van der Waals surface area contributed by atoms with Crippen LogP contribution in [0.25, 0.3) is 5.69 Å². The maximum absolute atomic E-state index is 12.3. The van der Waals surface area contributed by atoms with E-state index < -0.39 is 11.7 Å². The average Bonchev–Trinajstić information content (AvgIpc) is 2.64. The third kappa shape index (κ3) is 2.08. The molecule has 0 saturated carbocycles. The Morgan fingerprint density at radius 1 is 1.12 bits per heavy atom. The van der Waals surface area contributed by atoms with Gasteiger partial charge in [-0.15, -0.1) is 0 Å². The van der Waals surface area contributed by atoms with Crippen molar-refractivity contribution in [1.29, 1.82) is 0 Å². The quantitative estimate of drug-likeness (QED) is 0.730. The van der Waals surface area contributed by atoms with Crippen molar-refractivity contribution in [3.8, 4) is 5.69 Å². The van der Waals surface area contributed by atoms with Gasteiger partial charge in [0.25, 0.3) is 0 Å². The fraction of sp³-hybridized carbons (Fsp3) is 0.182. The standard InChI is InChI=1S/C11H9F3N2/c1-8-6-15-16(7-8)10-4-2-9(3-5-10)11(12,13)14/h2-7H,1H3. The maximum Gasteiger partial charge on any atom is 0.416 e. The maximum atomic E-state index is 12.3. The van der Waals surface area contributed by atoms with Crippen LogP contribution in [-0.4, -0.2) is 9.78 Å². The van der Waals surface area contributed by atoms with Gasteiger partial charge in [-0.05, 0) is 36.8 Å². The van der Waals surface area contributed by atoms with Gasteiger partial charge in [0.05, 0.1) is 17.4 Å². The summed E-state index contributed by atoms with van der Waals surface area (Å²) >= 11 is 0. The summed E-state index contributed by atoms with van der Waals surface area (Å²) in [5.41, 5.74) is 0.918. The van der Waals surface area contributed by atoms with Crippen LogP contribution in [0.3, 0.4) is 0 Å². The van der Waals surface area contributed by atoms with E-state index >= 15 is 0 Å². The second-order valence-electron chi connectivity index (χ2n) is 3.51. The molecule has 1 heterocycles. The highest BCUT2D eigenvalue weighted by molar-refractivity contribution is 5.35. The van der Waals surface area contributed by atoms with Crippen molar-refractivity contribution in [2.24, 2.45) is 0 Å². The molecular formula is C11H9F3N2. The van der Waals surface area contributed by atoms with Gasteiger partial charge in [0.1, 0.15) is 0 Å². The smallest absolute Gasteiger partial charge is 0.241 e. The first-order valence-electron chi connectivity index (χ1n) is 4.66. The molecule has 0 aliphatic carbocycles. The monoisotopic (exact) mass is 226 g/mol. The van der Waals surface area contributed by atoms with E-state index in [1.165, 1.54) is 16.8 Å². The number of aryl methyl sites for hydroxylation is 1. The van der Waals surface area contributed by atoms with Gasteiger partial charge in [-0.1, -0.05) is 0 Å². The Kier molecular flexibility index (Phi) is 2.46. The number of nitrogens with zero attached hydrogens (tertiary/aromatic N) is 2. The zero-order valence-electron chi connectivity index (χ0n) is 8.49. The molecule has 0 aliphatic rings. The first-order chi connectivity index (χ1) is 7.47. The zero-order valence-corrected chi connectivity index (χ0v) is 8.49. The van der Waals surface area contributed by atoms with Gasteiger partial charge in [-0.3, -0.25) is 0 Å². The van der Waals surface area contributed by atoms with Crippen molar-refractivity contribution >= 4 is 0 Å². The van der Waals surface area contributed by atoms with Gasteiger partial charge < -0.3 is 0 Å². The van der Waals surface area contributed by atoms with Gasteiger partial charge in [-0.2, -0.15) is 18.3 Å². The van der Waals surface area contributed by atoms with Crippen LogP contribution in [0.1, 0.15) is 11.1 Å². The number of rotatable bonds is 1. The summed E-state index contributed by atoms with van der Waals surface area (Å²) in [7, 11) is 0. The Bertz CT molecular complexity index is 483. The Labute approximate surface area is 90.3 Å². The van der Waals surface area contributed by atoms with Crippen LogP contribution in [0.4, 0.5) is 13.2 Å². The number of benzene rings is 1.